The first-order chi connectivity index (χ1) is 16.3. The Labute approximate surface area is 202 Å². The number of carbonyl (C=O) groups excluding carboxylic acids is 2. The van der Waals surface area contributed by atoms with E-state index < -0.39 is 17.7 Å². The number of ether oxygens (including phenoxy) is 1. The topological polar surface area (TPSA) is 70.1 Å². The fourth-order valence-electron chi connectivity index (χ4n) is 4.20. The lowest BCUT2D eigenvalue weighted by Crippen LogP contribution is -2.32. The number of benzene rings is 2. The van der Waals surface area contributed by atoms with Crippen LogP contribution in [0.25, 0.3) is 5.76 Å². The van der Waals surface area contributed by atoms with Crippen LogP contribution in [0.3, 0.4) is 0 Å². The van der Waals surface area contributed by atoms with E-state index in [9.17, 15) is 14.7 Å². The number of carbonyl (C=O) groups is 2. The fourth-order valence-corrected chi connectivity index (χ4v) is 4.20. The monoisotopic (exact) mass is 464 g/mol. The van der Waals surface area contributed by atoms with E-state index in [1.54, 1.807) is 17.0 Å². The van der Waals surface area contributed by atoms with E-state index in [0.717, 1.165) is 36.9 Å². The van der Waals surface area contributed by atoms with Gasteiger partial charge in [0.1, 0.15) is 11.5 Å². The minimum absolute atomic E-state index is 0.127. The second kappa shape index (κ2) is 11.8. The van der Waals surface area contributed by atoms with Crippen LogP contribution in [0.5, 0.6) is 5.75 Å². The van der Waals surface area contributed by atoms with Crippen molar-refractivity contribution < 1.29 is 19.4 Å². The minimum atomic E-state index is -0.664. The predicted molar refractivity (Wildman–Crippen MR) is 135 cm³/mol. The van der Waals surface area contributed by atoms with Gasteiger partial charge in [-0.2, -0.15) is 0 Å². The SMILES string of the molecule is CCCCCOc1cccc(C2/C(=C(\O)c3ccc(C)cc3)C(=O)C(=O)N2CCCN(C)C)c1. The fraction of sp³-hybridized carbons (Fsp3) is 0.429. The van der Waals surface area contributed by atoms with Crippen molar-refractivity contribution in [2.45, 2.75) is 45.6 Å². The zero-order chi connectivity index (χ0) is 24.7. The van der Waals surface area contributed by atoms with Crippen LogP contribution in [-0.4, -0.2) is 60.4 Å². The van der Waals surface area contributed by atoms with Crippen molar-refractivity contribution in [3.63, 3.8) is 0 Å². The van der Waals surface area contributed by atoms with Crippen molar-refractivity contribution in [3.05, 3.63) is 70.8 Å². The molecule has 6 nitrogen and oxygen atoms in total. The highest BCUT2D eigenvalue weighted by Gasteiger charge is 2.45. The van der Waals surface area contributed by atoms with Gasteiger partial charge < -0.3 is 19.6 Å². The van der Waals surface area contributed by atoms with Gasteiger partial charge in [-0.25, -0.2) is 0 Å². The maximum atomic E-state index is 13.2. The Morgan fingerprint density at radius 3 is 2.47 bits per heavy atom. The van der Waals surface area contributed by atoms with Crippen LogP contribution in [0.4, 0.5) is 0 Å². The van der Waals surface area contributed by atoms with Gasteiger partial charge in [0.05, 0.1) is 18.2 Å². The highest BCUT2D eigenvalue weighted by molar-refractivity contribution is 6.46. The third kappa shape index (κ3) is 6.06. The molecule has 0 saturated carbocycles. The van der Waals surface area contributed by atoms with Gasteiger partial charge in [0.15, 0.2) is 0 Å². The Hall–Kier alpha value is -3.12. The van der Waals surface area contributed by atoms with E-state index >= 15 is 0 Å². The molecule has 0 aromatic heterocycles. The molecule has 0 bridgehead atoms. The molecule has 1 saturated heterocycles. The molecule has 1 N–H and O–H groups in total. The first kappa shape index (κ1) is 25.5. The van der Waals surface area contributed by atoms with E-state index in [-0.39, 0.29) is 11.3 Å². The lowest BCUT2D eigenvalue weighted by atomic mass is 9.95. The number of rotatable bonds is 11. The van der Waals surface area contributed by atoms with E-state index in [2.05, 4.69) is 6.92 Å². The van der Waals surface area contributed by atoms with E-state index in [0.29, 0.717) is 30.9 Å². The Morgan fingerprint density at radius 2 is 1.79 bits per heavy atom. The number of amides is 1. The largest absolute Gasteiger partial charge is 0.507 e. The van der Waals surface area contributed by atoms with Crippen LogP contribution >= 0.6 is 0 Å². The van der Waals surface area contributed by atoms with Crippen LogP contribution in [0.2, 0.25) is 0 Å². The summed E-state index contributed by atoms with van der Waals surface area (Å²) in [7, 11) is 3.95. The number of aliphatic hydroxyl groups excluding tert-OH is 1. The number of ketones is 1. The molecule has 0 aliphatic carbocycles. The quantitative estimate of drug-likeness (QED) is 0.221. The molecule has 1 fully saturated rings. The van der Waals surface area contributed by atoms with Crippen molar-refractivity contribution in [3.8, 4) is 5.75 Å². The Kier molecular flexibility index (Phi) is 8.88. The van der Waals surface area contributed by atoms with Crippen LogP contribution in [0.15, 0.2) is 54.1 Å². The highest BCUT2D eigenvalue weighted by Crippen LogP contribution is 2.40. The normalized spacial score (nSPS) is 17.6. The summed E-state index contributed by atoms with van der Waals surface area (Å²) >= 11 is 0. The molecule has 0 spiro atoms. The number of hydrogen-bond acceptors (Lipinski definition) is 5. The number of unbranched alkanes of at least 4 members (excludes halogenated alkanes) is 2. The molecule has 1 unspecified atom stereocenters. The van der Waals surface area contributed by atoms with Crippen molar-refractivity contribution in [2.24, 2.45) is 0 Å². The van der Waals surface area contributed by atoms with E-state index in [1.165, 1.54) is 0 Å². The molecule has 2 aromatic carbocycles. The molecule has 1 aliphatic heterocycles. The Morgan fingerprint density at radius 1 is 1.06 bits per heavy atom. The molecule has 182 valence electrons. The van der Waals surface area contributed by atoms with Gasteiger partial charge in [0.25, 0.3) is 11.7 Å². The third-order valence-electron chi connectivity index (χ3n) is 6.06. The molecule has 1 amide bonds. The molecule has 0 radical (unpaired) electrons. The van der Waals surface area contributed by atoms with Gasteiger partial charge >= 0.3 is 0 Å². The average Bonchev–Trinajstić information content (AvgIpc) is 3.07. The van der Waals surface area contributed by atoms with Crippen molar-refractivity contribution in [1.82, 2.24) is 9.80 Å². The van der Waals surface area contributed by atoms with Crippen molar-refractivity contribution >= 4 is 17.4 Å². The first-order valence-corrected chi connectivity index (χ1v) is 12.1. The number of Topliss-reactive ketones (excluding diaryl/α,β-unsaturated/α-hetero) is 1. The first-order valence-electron chi connectivity index (χ1n) is 12.1. The molecule has 1 heterocycles. The summed E-state index contributed by atoms with van der Waals surface area (Å²) in [5.41, 5.74) is 2.45. The summed E-state index contributed by atoms with van der Waals surface area (Å²) in [6, 6.07) is 14.2. The maximum Gasteiger partial charge on any atom is 0.295 e. The summed E-state index contributed by atoms with van der Waals surface area (Å²) in [5, 5.41) is 11.2. The number of likely N-dealkylation sites (tertiary alicyclic amines) is 1. The Bertz CT molecular complexity index is 1030. The lowest BCUT2D eigenvalue weighted by Gasteiger charge is -2.26. The molecule has 34 heavy (non-hydrogen) atoms. The number of hydrogen-bond donors (Lipinski definition) is 1. The molecular weight excluding hydrogens is 428 g/mol. The summed E-state index contributed by atoms with van der Waals surface area (Å²) in [4.78, 5) is 29.9. The van der Waals surface area contributed by atoms with Gasteiger partial charge in [-0.1, -0.05) is 61.7 Å². The van der Waals surface area contributed by atoms with E-state index in [1.807, 2.05) is 62.3 Å². The average molecular weight is 465 g/mol. The van der Waals surface area contributed by atoms with Gasteiger partial charge in [0, 0.05) is 12.1 Å². The number of aliphatic hydroxyl groups is 1. The summed E-state index contributed by atoms with van der Waals surface area (Å²) in [6.45, 7) is 5.92. The molecule has 1 atom stereocenters. The molecule has 6 heteroatoms. The zero-order valence-corrected chi connectivity index (χ0v) is 20.7. The van der Waals surface area contributed by atoms with Gasteiger partial charge in [-0.15, -0.1) is 0 Å². The Balaban J connectivity index is 2.01. The summed E-state index contributed by atoms with van der Waals surface area (Å²) in [5.74, 6) is -0.676. The standard InChI is InChI=1S/C28H36N2O4/c1-5-6-7-18-34-23-11-8-10-22(19-23)25-24(26(31)21-14-12-20(2)13-15-21)27(32)28(33)30(25)17-9-16-29(3)4/h8,10-15,19,25,31H,5-7,9,16-18H2,1-4H3/b26-24+. The number of aryl methyl sites for hydroxylation is 1. The van der Waals surface area contributed by atoms with Crippen LogP contribution in [0, 0.1) is 6.92 Å². The lowest BCUT2D eigenvalue weighted by molar-refractivity contribution is -0.139. The van der Waals surface area contributed by atoms with Gasteiger partial charge in [-0.05, 0) is 58.1 Å². The zero-order valence-electron chi connectivity index (χ0n) is 20.7. The number of nitrogens with zero attached hydrogens (tertiary/aromatic N) is 2. The maximum absolute atomic E-state index is 13.2. The molecular formula is C28H36N2O4. The highest BCUT2D eigenvalue weighted by atomic mass is 16.5. The van der Waals surface area contributed by atoms with Gasteiger partial charge in [-0.3, -0.25) is 9.59 Å². The van der Waals surface area contributed by atoms with Crippen LogP contribution in [-0.2, 0) is 9.59 Å². The smallest absolute Gasteiger partial charge is 0.295 e. The van der Waals surface area contributed by atoms with Crippen molar-refractivity contribution in [1.29, 1.82) is 0 Å². The van der Waals surface area contributed by atoms with E-state index in [4.69, 9.17) is 4.74 Å². The molecule has 1 aliphatic rings. The minimum Gasteiger partial charge on any atom is -0.507 e. The van der Waals surface area contributed by atoms with Gasteiger partial charge in [0.2, 0.25) is 0 Å². The van der Waals surface area contributed by atoms with Crippen molar-refractivity contribution in [2.75, 3.05) is 33.8 Å². The third-order valence-corrected chi connectivity index (χ3v) is 6.06. The summed E-state index contributed by atoms with van der Waals surface area (Å²) < 4.78 is 5.93. The van der Waals surface area contributed by atoms with Crippen LogP contribution < -0.4 is 4.74 Å². The second-order valence-electron chi connectivity index (χ2n) is 9.14. The second-order valence-corrected chi connectivity index (χ2v) is 9.14. The van der Waals surface area contributed by atoms with Crippen LogP contribution in [0.1, 0.15) is 55.3 Å². The summed E-state index contributed by atoms with van der Waals surface area (Å²) in [6.07, 6.45) is 3.90. The molecule has 2 aromatic rings. The predicted octanol–water partition coefficient (Wildman–Crippen LogP) is 4.94. The molecule has 3 rings (SSSR count).